The fourth-order valence-corrected chi connectivity index (χ4v) is 2.68. The number of quaternary nitrogens is 1. The molecule has 1 aliphatic heterocycles. The second kappa shape index (κ2) is 7.23. The molecule has 1 saturated heterocycles. The van der Waals surface area contributed by atoms with Crippen molar-refractivity contribution in [2.24, 2.45) is 0 Å². The van der Waals surface area contributed by atoms with Gasteiger partial charge in [-0.25, -0.2) is 9.97 Å². The smallest absolute Gasteiger partial charge is 0.277 e. The highest BCUT2D eigenvalue weighted by atomic mass is 16.3. The maximum Gasteiger partial charge on any atom is 0.277 e. The fourth-order valence-electron chi connectivity index (χ4n) is 2.68. The number of nitrogens with zero attached hydrogens (tertiary/aromatic N) is 4. The molecule has 3 heterocycles. The summed E-state index contributed by atoms with van der Waals surface area (Å²) >= 11 is 0. The third-order valence-corrected chi connectivity index (χ3v) is 4.11. The van der Waals surface area contributed by atoms with Gasteiger partial charge < -0.3 is 19.5 Å². The van der Waals surface area contributed by atoms with Crippen LogP contribution >= 0.6 is 0 Å². The van der Waals surface area contributed by atoms with Gasteiger partial charge in [0.1, 0.15) is 6.04 Å². The standard InChI is InChI=1S/C16H21N5O2/c1-13(14-4-2-11-23-14)19-12-15(22)20-7-9-21(10-8-20)16-17-5-3-6-18-16/h2-6,11,13,19H,7-10,12H2,1H3/p+1/t13-/m1/s1. The van der Waals surface area contributed by atoms with Crippen LogP contribution in [-0.2, 0) is 4.79 Å². The number of aromatic nitrogens is 2. The van der Waals surface area contributed by atoms with Gasteiger partial charge in [0, 0.05) is 38.6 Å². The number of hydrogen-bond acceptors (Lipinski definition) is 5. The van der Waals surface area contributed by atoms with Crippen LogP contribution in [0.4, 0.5) is 5.95 Å². The molecule has 2 aromatic rings. The number of amides is 1. The Hall–Kier alpha value is -2.41. The van der Waals surface area contributed by atoms with Gasteiger partial charge in [0.25, 0.3) is 5.91 Å². The lowest BCUT2D eigenvalue weighted by molar-refractivity contribution is -0.685. The van der Waals surface area contributed by atoms with Gasteiger partial charge in [-0.2, -0.15) is 0 Å². The molecule has 0 unspecified atom stereocenters. The highest BCUT2D eigenvalue weighted by Crippen LogP contribution is 2.10. The molecule has 0 radical (unpaired) electrons. The Kier molecular flexibility index (Phi) is 4.87. The van der Waals surface area contributed by atoms with Crippen molar-refractivity contribution in [3.63, 3.8) is 0 Å². The molecule has 7 nitrogen and oxygen atoms in total. The predicted octanol–water partition coefficient (Wildman–Crippen LogP) is 0.0428. The van der Waals surface area contributed by atoms with Crippen LogP contribution in [0.15, 0.2) is 41.3 Å². The molecule has 0 saturated carbocycles. The van der Waals surface area contributed by atoms with Gasteiger partial charge in [0.15, 0.2) is 12.3 Å². The number of carbonyl (C=O) groups excluding carboxylic acids is 1. The van der Waals surface area contributed by atoms with E-state index in [0.717, 1.165) is 24.8 Å². The Morgan fingerprint density at radius 1 is 1.26 bits per heavy atom. The summed E-state index contributed by atoms with van der Waals surface area (Å²) in [6.07, 6.45) is 5.14. The Balaban J connectivity index is 1.45. The fraction of sp³-hybridized carbons (Fsp3) is 0.438. The molecule has 23 heavy (non-hydrogen) atoms. The minimum Gasteiger partial charge on any atom is -0.463 e. The van der Waals surface area contributed by atoms with Crippen molar-refractivity contribution in [1.82, 2.24) is 14.9 Å². The van der Waals surface area contributed by atoms with Crippen molar-refractivity contribution in [2.75, 3.05) is 37.6 Å². The molecule has 1 fully saturated rings. The third-order valence-electron chi connectivity index (χ3n) is 4.11. The molecule has 3 rings (SSSR count). The summed E-state index contributed by atoms with van der Waals surface area (Å²) in [4.78, 5) is 24.9. The molecule has 2 aromatic heterocycles. The van der Waals surface area contributed by atoms with Gasteiger partial charge >= 0.3 is 0 Å². The Morgan fingerprint density at radius 3 is 2.65 bits per heavy atom. The summed E-state index contributed by atoms with van der Waals surface area (Å²) in [6.45, 7) is 5.42. The van der Waals surface area contributed by atoms with Crippen molar-refractivity contribution in [3.05, 3.63) is 42.6 Å². The lowest BCUT2D eigenvalue weighted by Crippen LogP contribution is -2.87. The number of rotatable bonds is 5. The first-order valence-corrected chi connectivity index (χ1v) is 7.90. The van der Waals surface area contributed by atoms with Crippen LogP contribution in [0.1, 0.15) is 18.7 Å². The summed E-state index contributed by atoms with van der Waals surface area (Å²) < 4.78 is 5.36. The predicted molar refractivity (Wildman–Crippen MR) is 84.7 cm³/mol. The van der Waals surface area contributed by atoms with Crippen LogP contribution in [-0.4, -0.2) is 53.5 Å². The molecule has 0 aromatic carbocycles. The summed E-state index contributed by atoms with van der Waals surface area (Å²) in [5.41, 5.74) is 0. The van der Waals surface area contributed by atoms with E-state index < -0.39 is 0 Å². The Morgan fingerprint density at radius 2 is 2.00 bits per heavy atom. The molecule has 7 heteroatoms. The monoisotopic (exact) mass is 316 g/mol. The third kappa shape index (κ3) is 3.87. The van der Waals surface area contributed by atoms with E-state index in [2.05, 4.69) is 14.9 Å². The van der Waals surface area contributed by atoms with Gasteiger partial charge in [0.2, 0.25) is 5.95 Å². The van der Waals surface area contributed by atoms with Gasteiger partial charge in [0.05, 0.1) is 6.26 Å². The average molecular weight is 316 g/mol. The van der Waals surface area contributed by atoms with Crippen LogP contribution in [0.5, 0.6) is 0 Å². The number of furan rings is 1. The molecule has 1 atom stereocenters. The van der Waals surface area contributed by atoms with Crippen LogP contribution < -0.4 is 10.2 Å². The van der Waals surface area contributed by atoms with Crippen LogP contribution in [0.2, 0.25) is 0 Å². The largest absolute Gasteiger partial charge is 0.463 e. The van der Waals surface area contributed by atoms with Gasteiger partial charge in [-0.3, -0.25) is 4.79 Å². The van der Waals surface area contributed by atoms with E-state index in [1.165, 1.54) is 0 Å². The summed E-state index contributed by atoms with van der Waals surface area (Å²) in [6, 6.07) is 5.75. The van der Waals surface area contributed by atoms with Crippen molar-refractivity contribution in [1.29, 1.82) is 0 Å². The quantitative estimate of drug-likeness (QED) is 0.843. The Bertz CT molecular complexity index is 609. The summed E-state index contributed by atoms with van der Waals surface area (Å²) in [7, 11) is 0. The number of hydrogen-bond donors (Lipinski definition) is 1. The lowest BCUT2D eigenvalue weighted by atomic mass is 10.2. The SMILES string of the molecule is C[C@@H]([NH2+]CC(=O)N1CCN(c2ncccn2)CC1)c1ccco1. The number of anilines is 1. The number of piperazine rings is 1. The summed E-state index contributed by atoms with van der Waals surface area (Å²) in [5.74, 6) is 1.79. The zero-order valence-electron chi connectivity index (χ0n) is 13.3. The Labute approximate surface area is 135 Å². The highest BCUT2D eigenvalue weighted by Gasteiger charge is 2.24. The maximum atomic E-state index is 12.3. The summed E-state index contributed by atoms with van der Waals surface area (Å²) in [5, 5.41) is 2.01. The molecule has 0 bridgehead atoms. The van der Waals surface area contributed by atoms with E-state index in [-0.39, 0.29) is 11.9 Å². The molecular formula is C16H22N5O2+. The average Bonchev–Trinajstić information content (AvgIpc) is 3.15. The van der Waals surface area contributed by atoms with E-state index in [0.29, 0.717) is 19.6 Å². The van der Waals surface area contributed by atoms with E-state index in [1.807, 2.05) is 29.3 Å². The van der Waals surface area contributed by atoms with Crippen LogP contribution in [0.25, 0.3) is 0 Å². The van der Waals surface area contributed by atoms with Crippen LogP contribution in [0.3, 0.4) is 0 Å². The van der Waals surface area contributed by atoms with E-state index in [1.54, 1.807) is 24.7 Å². The molecule has 0 spiro atoms. The van der Waals surface area contributed by atoms with Crippen LogP contribution in [0, 0.1) is 0 Å². The minimum absolute atomic E-state index is 0.146. The first-order valence-electron chi connectivity index (χ1n) is 7.90. The van der Waals surface area contributed by atoms with E-state index >= 15 is 0 Å². The minimum atomic E-state index is 0.146. The zero-order valence-corrected chi connectivity index (χ0v) is 13.3. The number of carbonyl (C=O) groups is 1. The molecule has 1 amide bonds. The van der Waals surface area contributed by atoms with Crippen molar-refractivity contribution in [2.45, 2.75) is 13.0 Å². The van der Waals surface area contributed by atoms with Gasteiger partial charge in [-0.15, -0.1) is 0 Å². The van der Waals surface area contributed by atoms with Crippen molar-refractivity contribution in [3.8, 4) is 0 Å². The maximum absolute atomic E-state index is 12.3. The zero-order chi connectivity index (χ0) is 16.1. The van der Waals surface area contributed by atoms with E-state index in [9.17, 15) is 4.79 Å². The number of nitrogens with two attached hydrogens (primary N) is 1. The topological polar surface area (TPSA) is 79.1 Å². The molecule has 1 aliphatic rings. The highest BCUT2D eigenvalue weighted by molar-refractivity contribution is 5.77. The molecule has 2 N–H and O–H groups in total. The van der Waals surface area contributed by atoms with Crippen molar-refractivity contribution >= 4 is 11.9 Å². The van der Waals surface area contributed by atoms with Gasteiger partial charge in [-0.1, -0.05) is 0 Å². The molecule has 122 valence electrons. The normalized spacial score (nSPS) is 16.4. The van der Waals surface area contributed by atoms with Gasteiger partial charge in [-0.05, 0) is 25.1 Å². The van der Waals surface area contributed by atoms with E-state index in [4.69, 9.17) is 4.42 Å². The second-order valence-electron chi connectivity index (χ2n) is 5.66. The molecule has 0 aliphatic carbocycles. The first-order chi connectivity index (χ1) is 11.2. The second-order valence-corrected chi connectivity index (χ2v) is 5.66. The molecular weight excluding hydrogens is 294 g/mol. The first kappa shape index (κ1) is 15.5. The lowest BCUT2D eigenvalue weighted by Gasteiger charge is -2.34. The van der Waals surface area contributed by atoms with Crippen molar-refractivity contribution < 1.29 is 14.5 Å².